The van der Waals surface area contributed by atoms with Gasteiger partial charge in [0.05, 0.1) is 6.10 Å². The number of nitrogens with zero attached hydrogens (tertiary/aromatic N) is 1. The molecule has 0 aliphatic carbocycles. The first kappa shape index (κ1) is 17.0. The van der Waals surface area contributed by atoms with Crippen LogP contribution in [0.4, 0.5) is 5.69 Å². The topological polar surface area (TPSA) is 58.6 Å². The molecule has 0 atom stereocenters. The van der Waals surface area contributed by atoms with Crippen molar-refractivity contribution in [1.82, 2.24) is 4.90 Å². The quantitative estimate of drug-likeness (QED) is 0.786. The number of rotatable bonds is 7. The molecular weight excluding hydrogens is 268 g/mol. The fraction of sp³-hybridized carbons (Fsp3) is 0.500. The number of anilines is 1. The van der Waals surface area contributed by atoms with Crippen LogP contribution in [-0.4, -0.2) is 35.9 Å². The van der Waals surface area contributed by atoms with Crippen LogP contribution in [0.1, 0.15) is 34.1 Å². The molecule has 0 fully saturated rings. The third kappa shape index (κ3) is 5.85. The molecule has 5 nitrogen and oxygen atoms in total. The van der Waals surface area contributed by atoms with Gasteiger partial charge in [0, 0.05) is 18.8 Å². The zero-order valence-electron chi connectivity index (χ0n) is 13.2. The summed E-state index contributed by atoms with van der Waals surface area (Å²) in [4.78, 5) is 25.3. The van der Waals surface area contributed by atoms with Gasteiger partial charge in [0.15, 0.2) is 0 Å². The molecule has 1 N–H and O–H groups in total. The zero-order valence-corrected chi connectivity index (χ0v) is 13.2. The summed E-state index contributed by atoms with van der Waals surface area (Å²) in [6.45, 7) is 8.93. The van der Waals surface area contributed by atoms with E-state index in [4.69, 9.17) is 4.74 Å². The molecular formula is C16H24N2O3. The number of amides is 2. The molecule has 0 spiro atoms. The molecule has 0 saturated carbocycles. The van der Waals surface area contributed by atoms with Crippen molar-refractivity contribution < 1.29 is 14.3 Å². The van der Waals surface area contributed by atoms with Crippen LogP contribution < -0.4 is 10.1 Å². The van der Waals surface area contributed by atoms with E-state index in [-0.39, 0.29) is 24.3 Å². The highest BCUT2D eigenvalue weighted by Gasteiger charge is 2.14. The van der Waals surface area contributed by atoms with Crippen LogP contribution in [0.3, 0.4) is 0 Å². The minimum atomic E-state index is -0.301. The van der Waals surface area contributed by atoms with Crippen LogP contribution in [0.15, 0.2) is 24.3 Å². The van der Waals surface area contributed by atoms with Crippen LogP contribution in [0.5, 0.6) is 5.75 Å². The van der Waals surface area contributed by atoms with Crippen molar-refractivity contribution in [3.05, 3.63) is 24.3 Å². The maximum absolute atomic E-state index is 11.8. The van der Waals surface area contributed by atoms with Gasteiger partial charge in [-0.2, -0.15) is 0 Å². The summed E-state index contributed by atoms with van der Waals surface area (Å²) in [5, 5.41) is 2.71. The summed E-state index contributed by atoms with van der Waals surface area (Å²) in [5.41, 5.74) is 0.656. The Balaban J connectivity index is 2.53. The van der Waals surface area contributed by atoms with Crippen LogP contribution in [0.2, 0.25) is 0 Å². The Morgan fingerprint density at radius 1 is 1.14 bits per heavy atom. The number of carbonyl (C=O) groups excluding carboxylic acids is 2. The molecule has 0 unspecified atom stereocenters. The van der Waals surface area contributed by atoms with E-state index in [9.17, 15) is 9.59 Å². The fourth-order valence-electron chi connectivity index (χ4n) is 1.92. The summed E-state index contributed by atoms with van der Waals surface area (Å²) in [7, 11) is 0. The van der Waals surface area contributed by atoms with Crippen LogP contribution in [0, 0.1) is 0 Å². The van der Waals surface area contributed by atoms with Gasteiger partial charge in [0.2, 0.25) is 11.8 Å². The molecule has 1 aromatic rings. The van der Waals surface area contributed by atoms with Crippen molar-refractivity contribution in [3.63, 3.8) is 0 Å². The van der Waals surface area contributed by atoms with E-state index < -0.39 is 0 Å². The third-order valence-electron chi connectivity index (χ3n) is 2.94. The number of hydrogen-bond donors (Lipinski definition) is 1. The monoisotopic (exact) mass is 292 g/mol. The normalized spacial score (nSPS) is 10.3. The molecule has 0 radical (unpaired) electrons. The number of benzene rings is 1. The molecule has 5 heteroatoms. The van der Waals surface area contributed by atoms with Gasteiger partial charge in [-0.05, 0) is 52.0 Å². The SMILES string of the molecule is CCN(CC)C(=O)CC(=O)Nc1ccc(OC(C)C)cc1. The summed E-state index contributed by atoms with van der Waals surface area (Å²) in [6.07, 6.45) is -0.0246. The molecule has 2 amide bonds. The van der Waals surface area contributed by atoms with E-state index in [0.717, 1.165) is 5.75 Å². The van der Waals surface area contributed by atoms with Gasteiger partial charge in [-0.1, -0.05) is 0 Å². The highest BCUT2D eigenvalue weighted by atomic mass is 16.5. The van der Waals surface area contributed by atoms with E-state index in [1.54, 1.807) is 29.2 Å². The second kappa shape index (κ2) is 8.29. The number of hydrogen-bond acceptors (Lipinski definition) is 3. The van der Waals surface area contributed by atoms with Gasteiger partial charge < -0.3 is 15.0 Å². The highest BCUT2D eigenvalue weighted by molar-refractivity contribution is 6.03. The Bertz CT molecular complexity index is 465. The van der Waals surface area contributed by atoms with Gasteiger partial charge in [-0.15, -0.1) is 0 Å². The lowest BCUT2D eigenvalue weighted by Gasteiger charge is -2.18. The average molecular weight is 292 g/mol. The Kier molecular flexibility index (Phi) is 6.72. The van der Waals surface area contributed by atoms with Crippen molar-refractivity contribution in [1.29, 1.82) is 0 Å². The number of nitrogens with one attached hydrogen (secondary N) is 1. The Hall–Kier alpha value is -2.04. The molecule has 0 bridgehead atoms. The van der Waals surface area contributed by atoms with Gasteiger partial charge in [0.25, 0.3) is 0 Å². The molecule has 1 aromatic carbocycles. The maximum Gasteiger partial charge on any atom is 0.233 e. The summed E-state index contributed by atoms with van der Waals surface area (Å²) < 4.78 is 5.53. The summed E-state index contributed by atoms with van der Waals surface area (Å²) in [5.74, 6) is 0.295. The molecule has 0 aliphatic rings. The third-order valence-corrected chi connectivity index (χ3v) is 2.94. The van der Waals surface area contributed by atoms with Gasteiger partial charge in [-0.3, -0.25) is 9.59 Å². The lowest BCUT2D eigenvalue weighted by atomic mass is 10.2. The largest absolute Gasteiger partial charge is 0.491 e. The van der Waals surface area contributed by atoms with Crippen molar-refractivity contribution >= 4 is 17.5 Å². The van der Waals surface area contributed by atoms with E-state index in [2.05, 4.69) is 5.32 Å². The molecule has 0 aliphatic heterocycles. The second-order valence-electron chi connectivity index (χ2n) is 4.98. The van der Waals surface area contributed by atoms with Crippen molar-refractivity contribution in [2.24, 2.45) is 0 Å². The van der Waals surface area contributed by atoms with E-state index in [1.165, 1.54) is 0 Å². The maximum atomic E-state index is 11.8. The first-order chi connectivity index (χ1) is 9.96. The lowest BCUT2D eigenvalue weighted by Crippen LogP contribution is -2.33. The summed E-state index contributed by atoms with van der Waals surface area (Å²) in [6, 6.07) is 7.11. The first-order valence-corrected chi connectivity index (χ1v) is 7.30. The Morgan fingerprint density at radius 2 is 1.71 bits per heavy atom. The number of ether oxygens (including phenoxy) is 1. The van der Waals surface area contributed by atoms with Crippen molar-refractivity contribution in [3.8, 4) is 5.75 Å². The molecule has 21 heavy (non-hydrogen) atoms. The van der Waals surface area contributed by atoms with E-state index in [1.807, 2.05) is 27.7 Å². The van der Waals surface area contributed by atoms with E-state index in [0.29, 0.717) is 18.8 Å². The highest BCUT2D eigenvalue weighted by Crippen LogP contribution is 2.17. The Labute approximate surface area is 126 Å². The van der Waals surface area contributed by atoms with Crippen LogP contribution in [-0.2, 0) is 9.59 Å². The van der Waals surface area contributed by atoms with Crippen LogP contribution >= 0.6 is 0 Å². The van der Waals surface area contributed by atoms with E-state index >= 15 is 0 Å². The minimum absolute atomic E-state index is 0.108. The number of carbonyl (C=O) groups is 2. The molecule has 0 aromatic heterocycles. The van der Waals surface area contributed by atoms with Crippen molar-refractivity contribution in [2.75, 3.05) is 18.4 Å². The van der Waals surface area contributed by atoms with Crippen LogP contribution in [0.25, 0.3) is 0 Å². The predicted octanol–water partition coefficient (Wildman–Crippen LogP) is 2.67. The average Bonchev–Trinajstić information content (AvgIpc) is 2.41. The van der Waals surface area contributed by atoms with Gasteiger partial charge in [0.1, 0.15) is 12.2 Å². The van der Waals surface area contributed by atoms with Crippen molar-refractivity contribution in [2.45, 2.75) is 40.2 Å². The second-order valence-corrected chi connectivity index (χ2v) is 4.98. The lowest BCUT2D eigenvalue weighted by molar-refractivity contribution is -0.134. The molecule has 116 valence electrons. The summed E-state index contributed by atoms with van der Waals surface area (Å²) >= 11 is 0. The standard InChI is InChI=1S/C16H24N2O3/c1-5-18(6-2)16(20)11-15(19)17-13-7-9-14(10-8-13)21-12(3)4/h7-10,12H,5-6,11H2,1-4H3,(H,17,19). The van der Waals surface area contributed by atoms with Gasteiger partial charge in [-0.25, -0.2) is 0 Å². The first-order valence-electron chi connectivity index (χ1n) is 7.30. The molecule has 1 rings (SSSR count). The fourth-order valence-corrected chi connectivity index (χ4v) is 1.92. The molecule has 0 heterocycles. The predicted molar refractivity (Wildman–Crippen MR) is 83.4 cm³/mol. The zero-order chi connectivity index (χ0) is 15.8. The smallest absolute Gasteiger partial charge is 0.233 e. The molecule has 0 saturated heterocycles. The Morgan fingerprint density at radius 3 is 2.19 bits per heavy atom. The minimum Gasteiger partial charge on any atom is -0.491 e. The van der Waals surface area contributed by atoms with Gasteiger partial charge >= 0.3 is 0 Å².